The molecule has 0 radical (unpaired) electrons. The molecule has 0 aliphatic rings. The average molecular weight is 222 g/mol. The molecule has 0 atom stereocenters. The molecule has 3 heteroatoms. The van der Waals surface area contributed by atoms with Gasteiger partial charge in [-0.05, 0) is 0 Å². The Morgan fingerprint density at radius 3 is 1.36 bits per heavy atom. The van der Waals surface area contributed by atoms with E-state index in [4.69, 9.17) is 5.11 Å². The van der Waals surface area contributed by atoms with Crippen LogP contribution in [0.4, 0.5) is 0 Å². The van der Waals surface area contributed by atoms with Gasteiger partial charge in [-0.1, -0.05) is 0 Å². The zero-order chi connectivity index (χ0) is 11.1. The molecule has 0 amide bonds. The number of hydrogen-bond donors (Lipinski definition) is 2. The van der Waals surface area contributed by atoms with E-state index in [9.17, 15) is 4.89 Å². The van der Waals surface area contributed by atoms with Crippen molar-refractivity contribution in [1.82, 2.24) is 0 Å². The standard InChI is InChI=1S/C11H27O2P/c1-4-8-14(13,9-5-2,10-6-3)11-7-12/h12-13H,4-11H2,1-3H3. The number of rotatable bonds is 8. The summed E-state index contributed by atoms with van der Waals surface area (Å²) in [4.78, 5) is 10.9. The van der Waals surface area contributed by atoms with E-state index < -0.39 is 6.83 Å². The maximum absolute atomic E-state index is 10.9. The van der Waals surface area contributed by atoms with E-state index in [2.05, 4.69) is 20.8 Å². The molecular formula is C11H27O2P. The molecule has 0 fully saturated rings. The summed E-state index contributed by atoms with van der Waals surface area (Å²) in [5.74, 6) is 0. The number of aliphatic hydroxyl groups excluding tert-OH is 1. The van der Waals surface area contributed by atoms with Gasteiger partial charge in [-0.3, -0.25) is 0 Å². The van der Waals surface area contributed by atoms with Gasteiger partial charge in [-0.15, -0.1) is 0 Å². The van der Waals surface area contributed by atoms with Crippen molar-refractivity contribution < 1.29 is 10.00 Å². The van der Waals surface area contributed by atoms with Crippen LogP contribution in [-0.2, 0) is 0 Å². The van der Waals surface area contributed by atoms with Crippen LogP contribution >= 0.6 is 6.83 Å². The minimum atomic E-state index is -2.52. The van der Waals surface area contributed by atoms with Gasteiger partial charge >= 0.3 is 88.1 Å². The second-order valence-corrected chi connectivity index (χ2v) is 10.1. The monoisotopic (exact) mass is 222 g/mol. The van der Waals surface area contributed by atoms with Crippen LogP contribution in [0.25, 0.3) is 0 Å². The Balaban J connectivity index is 4.69. The predicted octanol–water partition coefficient (Wildman–Crippen LogP) is 2.67. The SMILES string of the molecule is CCCP(O)(CCC)(CCC)CCO. The number of aliphatic hydroxyl groups is 1. The Labute approximate surface area is 88.7 Å². The molecule has 0 spiro atoms. The molecule has 0 aliphatic heterocycles. The molecule has 2 nitrogen and oxygen atoms in total. The van der Waals surface area contributed by atoms with Crippen LogP contribution in [0.3, 0.4) is 0 Å². The third-order valence-electron chi connectivity index (χ3n) is 3.07. The quantitative estimate of drug-likeness (QED) is 0.620. The molecule has 2 N–H and O–H groups in total. The summed E-state index contributed by atoms with van der Waals surface area (Å²) in [6, 6.07) is 0. The number of hydrogen-bond acceptors (Lipinski definition) is 2. The minimum absolute atomic E-state index is 0.147. The molecular weight excluding hydrogens is 195 g/mol. The van der Waals surface area contributed by atoms with Crippen molar-refractivity contribution in [2.24, 2.45) is 0 Å². The molecule has 0 heterocycles. The van der Waals surface area contributed by atoms with Gasteiger partial charge in [0.15, 0.2) is 0 Å². The summed E-state index contributed by atoms with van der Waals surface area (Å²) in [7, 11) is 0. The van der Waals surface area contributed by atoms with Gasteiger partial charge in [0.05, 0.1) is 0 Å². The Morgan fingerprint density at radius 1 is 0.786 bits per heavy atom. The first-order valence-electron chi connectivity index (χ1n) is 5.90. The van der Waals surface area contributed by atoms with Crippen LogP contribution in [0.2, 0.25) is 0 Å². The van der Waals surface area contributed by atoms with Crippen molar-refractivity contribution >= 4 is 6.83 Å². The summed E-state index contributed by atoms with van der Waals surface area (Å²) in [6.45, 7) is 4.00. The van der Waals surface area contributed by atoms with Crippen LogP contribution in [0, 0.1) is 0 Å². The topological polar surface area (TPSA) is 40.5 Å². The molecule has 14 heavy (non-hydrogen) atoms. The molecule has 0 saturated carbocycles. The van der Waals surface area contributed by atoms with Crippen LogP contribution in [-0.4, -0.2) is 41.3 Å². The first-order valence-corrected chi connectivity index (χ1v) is 8.83. The summed E-state index contributed by atoms with van der Waals surface area (Å²) in [5.41, 5.74) is 0. The van der Waals surface area contributed by atoms with Gasteiger partial charge in [0.2, 0.25) is 0 Å². The molecule has 0 saturated heterocycles. The molecule has 0 aromatic heterocycles. The molecule has 0 aromatic rings. The van der Waals surface area contributed by atoms with Gasteiger partial charge in [-0.2, -0.15) is 0 Å². The fourth-order valence-electron chi connectivity index (χ4n) is 2.65. The van der Waals surface area contributed by atoms with Crippen molar-refractivity contribution in [3.63, 3.8) is 0 Å². The van der Waals surface area contributed by atoms with Crippen LogP contribution < -0.4 is 0 Å². The van der Waals surface area contributed by atoms with Gasteiger partial charge in [-0.25, -0.2) is 0 Å². The van der Waals surface area contributed by atoms with E-state index in [0.29, 0.717) is 6.16 Å². The second-order valence-electron chi connectivity index (χ2n) is 4.53. The maximum atomic E-state index is 10.9. The van der Waals surface area contributed by atoms with Gasteiger partial charge in [0, 0.05) is 0 Å². The van der Waals surface area contributed by atoms with Crippen molar-refractivity contribution in [2.45, 2.75) is 40.0 Å². The van der Waals surface area contributed by atoms with Crippen molar-refractivity contribution in [3.8, 4) is 0 Å². The summed E-state index contributed by atoms with van der Waals surface area (Å²) < 4.78 is 0. The van der Waals surface area contributed by atoms with Crippen LogP contribution in [0.1, 0.15) is 40.0 Å². The molecule has 0 unspecified atom stereocenters. The van der Waals surface area contributed by atoms with E-state index in [0.717, 1.165) is 37.7 Å². The van der Waals surface area contributed by atoms with Crippen LogP contribution in [0.5, 0.6) is 0 Å². The second kappa shape index (κ2) is 6.05. The average Bonchev–Trinajstić information content (AvgIpc) is 2.05. The Bertz CT molecular complexity index is 124. The van der Waals surface area contributed by atoms with E-state index in [-0.39, 0.29) is 6.61 Å². The fourth-order valence-corrected chi connectivity index (χ4v) is 7.95. The van der Waals surface area contributed by atoms with Crippen molar-refractivity contribution in [2.75, 3.05) is 31.3 Å². The summed E-state index contributed by atoms with van der Waals surface area (Å²) in [6.07, 6.45) is 6.58. The van der Waals surface area contributed by atoms with E-state index in [1.54, 1.807) is 0 Å². The van der Waals surface area contributed by atoms with Gasteiger partial charge in [0.1, 0.15) is 0 Å². The molecule has 88 valence electrons. The van der Waals surface area contributed by atoms with Crippen molar-refractivity contribution in [1.29, 1.82) is 0 Å². The molecule has 0 aliphatic carbocycles. The Hall–Kier alpha value is 0.350. The Morgan fingerprint density at radius 2 is 1.14 bits per heavy atom. The predicted molar refractivity (Wildman–Crippen MR) is 66.6 cm³/mol. The fraction of sp³-hybridized carbons (Fsp3) is 1.00. The molecule has 0 bridgehead atoms. The first-order chi connectivity index (χ1) is 6.54. The van der Waals surface area contributed by atoms with Gasteiger partial charge < -0.3 is 0 Å². The molecule has 0 rings (SSSR count). The van der Waals surface area contributed by atoms with E-state index in [1.807, 2.05) is 0 Å². The summed E-state index contributed by atoms with van der Waals surface area (Å²) in [5, 5.41) is 9.12. The Kier molecular flexibility index (Phi) is 6.20. The third kappa shape index (κ3) is 3.84. The van der Waals surface area contributed by atoms with Crippen LogP contribution in [0.15, 0.2) is 0 Å². The zero-order valence-electron chi connectivity index (χ0n) is 10.00. The third-order valence-corrected chi connectivity index (χ3v) is 9.20. The van der Waals surface area contributed by atoms with E-state index >= 15 is 0 Å². The van der Waals surface area contributed by atoms with Gasteiger partial charge in [0.25, 0.3) is 0 Å². The summed E-state index contributed by atoms with van der Waals surface area (Å²) >= 11 is 0. The normalized spacial score (nSPS) is 15.1. The first kappa shape index (κ1) is 14.3. The van der Waals surface area contributed by atoms with Crippen molar-refractivity contribution in [3.05, 3.63) is 0 Å². The zero-order valence-corrected chi connectivity index (χ0v) is 10.9. The van der Waals surface area contributed by atoms with E-state index in [1.165, 1.54) is 0 Å². The molecule has 0 aromatic carbocycles.